The van der Waals surface area contributed by atoms with Gasteiger partial charge < -0.3 is 4.98 Å². The molecular weight excluding hydrogens is 448 g/mol. The Morgan fingerprint density at radius 1 is 1.06 bits per heavy atom. The minimum Gasteiger partial charge on any atom is -0.348 e. The van der Waals surface area contributed by atoms with Gasteiger partial charge in [0.15, 0.2) is 0 Å². The van der Waals surface area contributed by atoms with Crippen molar-refractivity contribution >= 4 is 23.2 Å². The Kier molecular flexibility index (Phi) is 6.00. The van der Waals surface area contributed by atoms with Gasteiger partial charge in [-0.25, -0.2) is 14.1 Å². The summed E-state index contributed by atoms with van der Waals surface area (Å²) >= 11 is 12.3. The first-order valence-corrected chi connectivity index (χ1v) is 11.3. The average Bonchev–Trinajstić information content (AvgIpc) is 3.47. The number of likely N-dealkylation sites (tertiary alicyclic amines) is 1. The van der Waals surface area contributed by atoms with Gasteiger partial charge in [-0.3, -0.25) is 4.90 Å². The van der Waals surface area contributed by atoms with Crippen LogP contribution in [0.4, 0.5) is 4.39 Å². The van der Waals surface area contributed by atoms with Crippen LogP contribution in [0.2, 0.25) is 10.0 Å². The van der Waals surface area contributed by atoms with Crippen molar-refractivity contribution in [2.24, 2.45) is 0 Å². The maximum absolute atomic E-state index is 14.7. The van der Waals surface area contributed by atoms with Crippen molar-refractivity contribution in [2.75, 3.05) is 13.1 Å². The van der Waals surface area contributed by atoms with Gasteiger partial charge in [0.1, 0.15) is 17.3 Å². The molecule has 8 heteroatoms. The van der Waals surface area contributed by atoms with Crippen LogP contribution in [0.1, 0.15) is 30.1 Å². The summed E-state index contributed by atoms with van der Waals surface area (Å²) in [5.41, 5.74) is 2.88. The topological polar surface area (TPSA) is 49.7 Å². The number of nitrogens with one attached hydrogen (secondary N) is 1. The van der Waals surface area contributed by atoms with Crippen LogP contribution in [0.5, 0.6) is 0 Å². The molecule has 5 rings (SSSR count). The second kappa shape index (κ2) is 9.06. The maximum atomic E-state index is 14.7. The molecule has 5 nitrogen and oxygen atoms in total. The van der Waals surface area contributed by atoms with Crippen LogP contribution in [0, 0.1) is 5.82 Å². The summed E-state index contributed by atoms with van der Waals surface area (Å²) in [6.45, 7) is 2.58. The highest BCUT2D eigenvalue weighted by atomic mass is 35.5. The number of aromatic nitrogens is 4. The van der Waals surface area contributed by atoms with E-state index in [-0.39, 0.29) is 5.82 Å². The van der Waals surface area contributed by atoms with E-state index in [1.807, 2.05) is 24.5 Å². The van der Waals surface area contributed by atoms with E-state index in [0.717, 1.165) is 43.0 Å². The Morgan fingerprint density at radius 2 is 1.88 bits per heavy atom. The van der Waals surface area contributed by atoms with E-state index in [0.29, 0.717) is 33.8 Å². The minimum absolute atomic E-state index is 0.287. The fraction of sp³-hybridized carbons (Fsp3) is 0.250. The van der Waals surface area contributed by atoms with Crippen molar-refractivity contribution in [1.29, 1.82) is 0 Å². The number of H-pyrrole nitrogens is 1. The lowest BCUT2D eigenvalue weighted by atomic mass is 9.95. The number of halogens is 3. The van der Waals surface area contributed by atoms with E-state index >= 15 is 0 Å². The van der Waals surface area contributed by atoms with Gasteiger partial charge in [0.05, 0.1) is 15.7 Å². The van der Waals surface area contributed by atoms with E-state index < -0.39 is 0 Å². The van der Waals surface area contributed by atoms with Crippen molar-refractivity contribution < 1.29 is 4.39 Å². The van der Waals surface area contributed by atoms with Gasteiger partial charge in [0, 0.05) is 42.2 Å². The standard InChI is InChI=1S/C24H22Cl2FN5/c25-20-6-5-18(13-21(20)26)32-15-17(23(30-32)19-3-1-2-4-22(19)27)14-31-11-7-16(8-12-31)24-28-9-10-29-24/h1-6,9-10,13,15-16H,7-8,11-12,14H2,(H,28,29). The number of piperidine rings is 1. The number of hydrogen-bond donors (Lipinski definition) is 1. The molecule has 0 amide bonds. The van der Waals surface area contributed by atoms with Crippen LogP contribution in [-0.2, 0) is 6.54 Å². The summed E-state index contributed by atoms with van der Waals surface area (Å²) in [6, 6.07) is 12.1. The zero-order chi connectivity index (χ0) is 22.1. The van der Waals surface area contributed by atoms with E-state index in [2.05, 4.69) is 14.9 Å². The lowest BCUT2D eigenvalue weighted by Crippen LogP contribution is -2.32. The van der Waals surface area contributed by atoms with Crippen molar-refractivity contribution in [3.8, 4) is 16.9 Å². The highest BCUT2D eigenvalue weighted by molar-refractivity contribution is 6.42. The molecule has 1 fully saturated rings. The van der Waals surface area contributed by atoms with Gasteiger partial charge in [-0.05, 0) is 56.3 Å². The first-order chi connectivity index (χ1) is 15.6. The minimum atomic E-state index is -0.287. The largest absolute Gasteiger partial charge is 0.348 e. The Labute approximate surface area is 195 Å². The van der Waals surface area contributed by atoms with Gasteiger partial charge in [-0.15, -0.1) is 0 Å². The third-order valence-electron chi connectivity index (χ3n) is 5.97. The molecule has 1 aliphatic heterocycles. The molecule has 0 radical (unpaired) electrons. The summed E-state index contributed by atoms with van der Waals surface area (Å²) in [6.07, 6.45) is 7.70. The van der Waals surface area contributed by atoms with E-state index in [1.165, 1.54) is 6.07 Å². The number of rotatable bonds is 5. The van der Waals surface area contributed by atoms with Crippen LogP contribution in [0.15, 0.2) is 61.1 Å². The summed E-state index contributed by atoms with van der Waals surface area (Å²) in [4.78, 5) is 10.0. The normalized spacial score (nSPS) is 15.3. The Hall–Kier alpha value is -2.67. The molecule has 1 N–H and O–H groups in total. The second-order valence-electron chi connectivity index (χ2n) is 8.05. The van der Waals surface area contributed by atoms with Crippen LogP contribution in [0.25, 0.3) is 16.9 Å². The Morgan fingerprint density at radius 3 is 2.59 bits per heavy atom. The Balaban J connectivity index is 1.43. The van der Waals surface area contributed by atoms with Crippen molar-refractivity contribution in [3.63, 3.8) is 0 Å². The Bertz CT molecular complexity index is 1210. The molecule has 0 atom stereocenters. The lowest BCUT2D eigenvalue weighted by Gasteiger charge is -2.31. The van der Waals surface area contributed by atoms with Gasteiger partial charge in [-0.1, -0.05) is 35.3 Å². The molecule has 164 valence electrons. The molecule has 4 aromatic rings. The highest BCUT2D eigenvalue weighted by Gasteiger charge is 2.24. The molecular formula is C24H22Cl2FN5. The maximum Gasteiger partial charge on any atom is 0.132 e. The fourth-order valence-electron chi connectivity index (χ4n) is 4.27. The third kappa shape index (κ3) is 4.31. The molecule has 1 aliphatic rings. The van der Waals surface area contributed by atoms with E-state index in [1.54, 1.807) is 35.1 Å². The summed E-state index contributed by atoms with van der Waals surface area (Å²) < 4.78 is 16.4. The summed E-state index contributed by atoms with van der Waals surface area (Å²) in [5.74, 6) is 1.22. The quantitative estimate of drug-likeness (QED) is 0.384. The fourth-order valence-corrected chi connectivity index (χ4v) is 4.56. The molecule has 1 saturated heterocycles. The molecule has 2 aromatic heterocycles. The zero-order valence-electron chi connectivity index (χ0n) is 17.3. The molecule has 0 saturated carbocycles. The average molecular weight is 470 g/mol. The zero-order valence-corrected chi connectivity index (χ0v) is 18.8. The van der Waals surface area contributed by atoms with Crippen LogP contribution in [0.3, 0.4) is 0 Å². The predicted molar refractivity (Wildman–Crippen MR) is 125 cm³/mol. The van der Waals surface area contributed by atoms with Crippen LogP contribution >= 0.6 is 23.2 Å². The number of nitrogens with zero attached hydrogens (tertiary/aromatic N) is 4. The molecule has 0 unspecified atom stereocenters. The lowest BCUT2D eigenvalue weighted by molar-refractivity contribution is 0.202. The van der Waals surface area contributed by atoms with Crippen molar-refractivity contribution in [2.45, 2.75) is 25.3 Å². The van der Waals surface area contributed by atoms with Crippen molar-refractivity contribution in [3.05, 3.63) is 88.3 Å². The highest BCUT2D eigenvalue weighted by Crippen LogP contribution is 2.31. The van der Waals surface area contributed by atoms with Gasteiger partial charge in [-0.2, -0.15) is 5.10 Å². The number of benzene rings is 2. The molecule has 32 heavy (non-hydrogen) atoms. The molecule has 2 aromatic carbocycles. The monoisotopic (exact) mass is 469 g/mol. The predicted octanol–water partition coefficient (Wildman–Crippen LogP) is 6.09. The SMILES string of the molecule is Fc1ccccc1-c1nn(-c2ccc(Cl)c(Cl)c2)cc1CN1CCC(c2ncc[nH]2)CC1. The molecule has 3 heterocycles. The second-order valence-corrected chi connectivity index (χ2v) is 8.87. The molecule has 0 aliphatic carbocycles. The molecule has 0 spiro atoms. The van der Waals surface area contributed by atoms with Gasteiger partial charge in [0.25, 0.3) is 0 Å². The number of hydrogen-bond acceptors (Lipinski definition) is 3. The van der Waals surface area contributed by atoms with E-state index in [9.17, 15) is 4.39 Å². The first kappa shape index (κ1) is 21.2. The third-order valence-corrected chi connectivity index (χ3v) is 6.71. The van der Waals surface area contributed by atoms with Crippen LogP contribution in [-0.4, -0.2) is 37.7 Å². The number of aromatic amines is 1. The number of imidazole rings is 1. The first-order valence-electron chi connectivity index (χ1n) is 10.6. The van der Waals surface area contributed by atoms with Gasteiger partial charge >= 0.3 is 0 Å². The van der Waals surface area contributed by atoms with Crippen LogP contribution < -0.4 is 0 Å². The van der Waals surface area contributed by atoms with E-state index in [4.69, 9.17) is 28.3 Å². The summed E-state index contributed by atoms with van der Waals surface area (Å²) in [7, 11) is 0. The van der Waals surface area contributed by atoms with Gasteiger partial charge in [0.2, 0.25) is 0 Å². The smallest absolute Gasteiger partial charge is 0.132 e. The molecule has 0 bridgehead atoms. The summed E-state index contributed by atoms with van der Waals surface area (Å²) in [5, 5.41) is 5.67. The van der Waals surface area contributed by atoms with Crippen molar-refractivity contribution in [1.82, 2.24) is 24.6 Å².